The molecular weight excluding hydrogens is 546 g/mol. The largest absolute Gasteiger partial charge is 0.465 e. The Morgan fingerprint density at radius 1 is 1.14 bits per heavy atom. The minimum Gasteiger partial charge on any atom is -0.465 e. The number of carbonyl (C=O) groups excluding carboxylic acids is 3. The molecule has 1 fully saturated rings. The van der Waals surface area contributed by atoms with Crippen LogP contribution in [0.15, 0.2) is 24.3 Å². The molecule has 0 radical (unpaired) electrons. The van der Waals surface area contributed by atoms with Crippen molar-refractivity contribution in [2.75, 3.05) is 25.0 Å². The second-order valence-electron chi connectivity index (χ2n) is 10.5. The van der Waals surface area contributed by atoms with Gasteiger partial charge in [0.2, 0.25) is 11.8 Å². The second-order valence-corrected chi connectivity index (χ2v) is 11.1. The highest BCUT2D eigenvalue weighted by Crippen LogP contribution is 2.23. The van der Waals surface area contributed by atoms with Gasteiger partial charge in [0.25, 0.3) is 0 Å². The molecule has 1 aromatic carbocycles. The molecule has 1 saturated heterocycles. The van der Waals surface area contributed by atoms with Gasteiger partial charge < -0.3 is 30.1 Å². The van der Waals surface area contributed by atoms with Crippen molar-refractivity contribution in [3.05, 3.63) is 35.4 Å². The lowest BCUT2D eigenvalue weighted by molar-refractivity contribution is -0.158. The van der Waals surface area contributed by atoms with Gasteiger partial charge >= 0.3 is 12.1 Å². The summed E-state index contributed by atoms with van der Waals surface area (Å²) in [6.45, 7) is 10.0. The Balaban J connectivity index is 2.19. The zero-order valence-electron chi connectivity index (χ0n) is 22.1. The van der Waals surface area contributed by atoms with Crippen molar-refractivity contribution in [1.29, 1.82) is 0 Å². The zero-order valence-corrected chi connectivity index (χ0v) is 23.7. The summed E-state index contributed by atoms with van der Waals surface area (Å²) in [5.74, 6) is -1.22. The van der Waals surface area contributed by atoms with E-state index in [-0.39, 0.29) is 36.2 Å². The second kappa shape index (κ2) is 13.8. The van der Waals surface area contributed by atoms with Crippen molar-refractivity contribution >= 4 is 39.8 Å². The van der Waals surface area contributed by atoms with Crippen LogP contribution in [0.25, 0.3) is 0 Å². The van der Waals surface area contributed by atoms with E-state index in [4.69, 9.17) is 9.47 Å². The number of ether oxygens (including phenoxy) is 2. The molecule has 0 aromatic heterocycles. The standard InChI is InChI=1S/C26H38BrN3O7/c1-16(2)12-19(28-22(31)14-27)23(32)29-20(24(33)37-26(3,4)5)13-17-6-8-18(9-7-17)21-15-30(25(34)35)10-11-36-21/h6-9,16,19-21H,10-15H2,1-5H3,(H,28,31)(H,29,32)(H,34,35)/t19-,20-,21?/m0/s1. The third kappa shape index (κ3) is 10.3. The van der Waals surface area contributed by atoms with Crippen LogP contribution < -0.4 is 10.6 Å². The Morgan fingerprint density at radius 3 is 2.32 bits per heavy atom. The number of alkyl halides is 1. The van der Waals surface area contributed by atoms with Crippen molar-refractivity contribution in [1.82, 2.24) is 15.5 Å². The maximum Gasteiger partial charge on any atom is 0.407 e. The molecule has 0 spiro atoms. The zero-order chi connectivity index (χ0) is 27.8. The molecule has 1 aliphatic rings. The third-order valence-electron chi connectivity index (χ3n) is 5.62. The first-order valence-corrected chi connectivity index (χ1v) is 13.5. The van der Waals surface area contributed by atoms with E-state index in [0.29, 0.717) is 19.6 Å². The van der Waals surface area contributed by atoms with Crippen molar-refractivity contribution in [2.45, 2.75) is 71.2 Å². The van der Waals surface area contributed by atoms with E-state index in [9.17, 15) is 24.3 Å². The predicted molar refractivity (Wildman–Crippen MR) is 141 cm³/mol. The molecule has 1 aromatic rings. The molecule has 1 aliphatic heterocycles. The van der Waals surface area contributed by atoms with E-state index in [1.165, 1.54) is 4.90 Å². The number of benzene rings is 1. The highest BCUT2D eigenvalue weighted by Gasteiger charge is 2.31. The van der Waals surface area contributed by atoms with Crippen molar-refractivity contribution in [3.8, 4) is 0 Å². The van der Waals surface area contributed by atoms with Crippen LogP contribution in [0.5, 0.6) is 0 Å². The minimum absolute atomic E-state index is 0.0612. The lowest BCUT2D eigenvalue weighted by Crippen LogP contribution is -2.53. The van der Waals surface area contributed by atoms with E-state index in [1.54, 1.807) is 20.8 Å². The number of hydrogen-bond donors (Lipinski definition) is 3. The van der Waals surface area contributed by atoms with E-state index < -0.39 is 35.7 Å². The Hall–Kier alpha value is -2.66. The number of carboxylic acid groups (broad SMARTS) is 1. The molecule has 3 atom stereocenters. The summed E-state index contributed by atoms with van der Waals surface area (Å²) in [6.07, 6.45) is -0.775. The topological polar surface area (TPSA) is 134 Å². The number of halogens is 1. The smallest absolute Gasteiger partial charge is 0.407 e. The number of morpholine rings is 1. The van der Waals surface area contributed by atoms with Gasteiger partial charge in [0.1, 0.15) is 23.8 Å². The molecule has 206 valence electrons. The highest BCUT2D eigenvalue weighted by molar-refractivity contribution is 9.09. The Labute approximate surface area is 226 Å². The van der Waals surface area contributed by atoms with Crippen LogP contribution in [0.2, 0.25) is 0 Å². The molecular formula is C26H38BrN3O7. The third-order valence-corrected chi connectivity index (χ3v) is 6.13. The van der Waals surface area contributed by atoms with Gasteiger partial charge in [0.05, 0.1) is 18.5 Å². The molecule has 3 N–H and O–H groups in total. The monoisotopic (exact) mass is 583 g/mol. The molecule has 0 bridgehead atoms. The fraction of sp³-hybridized carbons (Fsp3) is 0.615. The molecule has 0 aliphatic carbocycles. The summed E-state index contributed by atoms with van der Waals surface area (Å²) in [5.41, 5.74) is 0.845. The number of carbonyl (C=O) groups is 4. The number of hydrogen-bond acceptors (Lipinski definition) is 6. The summed E-state index contributed by atoms with van der Waals surface area (Å²) < 4.78 is 11.3. The number of nitrogens with one attached hydrogen (secondary N) is 2. The molecule has 3 amide bonds. The fourth-order valence-corrected chi connectivity index (χ4v) is 4.06. The maximum absolute atomic E-state index is 13.1. The van der Waals surface area contributed by atoms with Crippen LogP contribution in [0.3, 0.4) is 0 Å². The first-order valence-electron chi connectivity index (χ1n) is 12.4. The lowest BCUT2D eigenvalue weighted by atomic mass is 9.99. The van der Waals surface area contributed by atoms with Gasteiger partial charge in [0.15, 0.2) is 0 Å². The highest BCUT2D eigenvalue weighted by atomic mass is 79.9. The molecule has 37 heavy (non-hydrogen) atoms. The van der Waals surface area contributed by atoms with Gasteiger partial charge in [0, 0.05) is 13.0 Å². The summed E-state index contributed by atoms with van der Waals surface area (Å²) in [7, 11) is 0. The van der Waals surface area contributed by atoms with Gasteiger partial charge in [-0.1, -0.05) is 54.0 Å². The molecule has 1 unspecified atom stereocenters. The number of rotatable bonds is 10. The Kier molecular flexibility index (Phi) is 11.4. The molecule has 0 saturated carbocycles. The van der Waals surface area contributed by atoms with Crippen LogP contribution in [-0.2, 0) is 30.3 Å². The first kappa shape index (κ1) is 30.6. The number of amides is 3. The summed E-state index contributed by atoms with van der Waals surface area (Å²) in [5, 5.41) is 14.8. The van der Waals surface area contributed by atoms with Gasteiger partial charge in [-0.05, 0) is 44.2 Å². The summed E-state index contributed by atoms with van der Waals surface area (Å²) in [6, 6.07) is 5.54. The van der Waals surface area contributed by atoms with Crippen LogP contribution in [0.4, 0.5) is 4.79 Å². The van der Waals surface area contributed by atoms with Crippen LogP contribution in [-0.4, -0.2) is 76.6 Å². The Bertz CT molecular complexity index is 946. The van der Waals surface area contributed by atoms with Gasteiger partial charge in [-0.3, -0.25) is 9.59 Å². The van der Waals surface area contributed by atoms with Gasteiger partial charge in [-0.2, -0.15) is 0 Å². The average Bonchev–Trinajstić information content (AvgIpc) is 2.82. The van der Waals surface area contributed by atoms with E-state index in [2.05, 4.69) is 26.6 Å². The molecule has 11 heteroatoms. The lowest BCUT2D eigenvalue weighted by Gasteiger charge is -2.31. The number of esters is 1. The Morgan fingerprint density at radius 2 is 1.78 bits per heavy atom. The van der Waals surface area contributed by atoms with Crippen molar-refractivity contribution < 1.29 is 33.8 Å². The molecule has 2 rings (SSSR count). The SMILES string of the molecule is CC(C)C[C@H](NC(=O)CBr)C(=O)N[C@@H](Cc1ccc(C2CN(C(=O)O)CCO2)cc1)C(=O)OC(C)(C)C. The van der Waals surface area contributed by atoms with E-state index in [1.807, 2.05) is 38.1 Å². The normalized spacial score (nSPS) is 17.6. The van der Waals surface area contributed by atoms with Crippen molar-refractivity contribution in [2.24, 2.45) is 5.92 Å². The van der Waals surface area contributed by atoms with Gasteiger partial charge in [-0.25, -0.2) is 9.59 Å². The molecule has 10 nitrogen and oxygen atoms in total. The maximum atomic E-state index is 13.1. The first-order chi connectivity index (χ1) is 17.3. The average molecular weight is 585 g/mol. The minimum atomic E-state index is -0.982. The van der Waals surface area contributed by atoms with Crippen LogP contribution >= 0.6 is 15.9 Å². The molecule has 1 heterocycles. The van der Waals surface area contributed by atoms with E-state index in [0.717, 1.165) is 11.1 Å². The fourth-order valence-electron chi connectivity index (χ4n) is 3.90. The summed E-state index contributed by atoms with van der Waals surface area (Å²) in [4.78, 5) is 50.7. The quantitative estimate of drug-likeness (QED) is 0.284. The predicted octanol–water partition coefficient (Wildman–Crippen LogP) is 3.03. The van der Waals surface area contributed by atoms with E-state index >= 15 is 0 Å². The van der Waals surface area contributed by atoms with Crippen LogP contribution in [0.1, 0.15) is 58.3 Å². The van der Waals surface area contributed by atoms with Gasteiger partial charge in [-0.15, -0.1) is 0 Å². The van der Waals surface area contributed by atoms with Crippen molar-refractivity contribution in [3.63, 3.8) is 0 Å². The number of nitrogens with zero attached hydrogens (tertiary/aromatic N) is 1. The summed E-state index contributed by atoms with van der Waals surface area (Å²) >= 11 is 3.10. The van der Waals surface area contributed by atoms with Crippen LogP contribution in [0, 0.1) is 5.92 Å².